The van der Waals surface area contributed by atoms with Crippen LogP contribution in [0.2, 0.25) is 5.15 Å². The lowest BCUT2D eigenvalue weighted by molar-refractivity contribution is 0.122. The van der Waals surface area contributed by atoms with E-state index in [1.165, 1.54) is 0 Å². The highest BCUT2D eigenvalue weighted by Gasteiger charge is 2.15. The average Bonchev–Trinajstić information content (AvgIpc) is 2.56. The van der Waals surface area contributed by atoms with E-state index in [1.54, 1.807) is 25.4 Å². The lowest BCUT2D eigenvalue weighted by Crippen LogP contribution is -2.37. The van der Waals surface area contributed by atoms with E-state index in [-0.39, 0.29) is 0 Å². The number of hydrogen-bond acceptors (Lipinski definition) is 7. The number of nitrogens with one attached hydrogen (secondary N) is 1. The largest absolute Gasteiger partial charge is 0.481 e. The van der Waals surface area contributed by atoms with E-state index in [0.717, 1.165) is 18.8 Å². The van der Waals surface area contributed by atoms with Crippen LogP contribution in [0.1, 0.15) is 0 Å². The molecule has 0 unspecified atom stereocenters. The van der Waals surface area contributed by atoms with Crippen molar-refractivity contribution in [2.45, 2.75) is 0 Å². The van der Waals surface area contributed by atoms with Gasteiger partial charge < -0.3 is 19.7 Å². The summed E-state index contributed by atoms with van der Waals surface area (Å²) in [5.74, 6) is 1.77. The maximum Gasteiger partial charge on any atom is 0.228 e. The van der Waals surface area contributed by atoms with Crippen molar-refractivity contribution in [3.63, 3.8) is 0 Å². The predicted octanol–water partition coefficient (Wildman–Crippen LogP) is 2.11. The second kappa shape index (κ2) is 6.76. The van der Waals surface area contributed by atoms with E-state index in [1.807, 2.05) is 11.0 Å². The van der Waals surface area contributed by atoms with Gasteiger partial charge in [-0.05, 0) is 6.07 Å². The number of pyridine rings is 1. The Bertz CT molecular complexity index is 632. The van der Waals surface area contributed by atoms with Crippen molar-refractivity contribution in [3.05, 3.63) is 29.5 Å². The number of halogens is 1. The first-order chi connectivity index (χ1) is 10.7. The molecule has 7 nitrogen and oxygen atoms in total. The highest BCUT2D eigenvalue weighted by atomic mass is 35.5. The molecule has 2 aromatic rings. The van der Waals surface area contributed by atoms with Crippen molar-refractivity contribution in [2.75, 3.05) is 43.6 Å². The van der Waals surface area contributed by atoms with Gasteiger partial charge in [0, 0.05) is 25.2 Å². The summed E-state index contributed by atoms with van der Waals surface area (Å²) in [4.78, 5) is 15.0. The molecule has 0 spiro atoms. The molecular weight excluding hydrogens is 306 g/mol. The van der Waals surface area contributed by atoms with Crippen LogP contribution in [0.25, 0.3) is 0 Å². The van der Waals surface area contributed by atoms with E-state index in [9.17, 15) is 0 Å². The highest BCUT2D eigenvalue weighted by Crippen LogP contribution is 2.22. The molecule has 0 radical (unpaired) electrons. The summed E-state index contributed by atoms with van der Waals surface area (Å²) in [5, 5.41) is 3.55. The van der Waals surface area contributed by atoms with Gasteiger partial charge in [-0.1, -0.05) is 11.6 Å². The van der Waals surface area contributed by atoms with E-state index in [4.69, 9.17) is 21.1 Å². The molecule has 1 N–H and O–H groups in total. The van der Waals surface area contributed by atoms with Gasteiger partial charge in [-0.2, -0.15) is 4.98 Å². The van der Waals surface area contributed by atoms with Crippen LogP contribution in [-0.4, -0.2) is 48.4 Å². The van der Waals surface area contributed by atoms with Gasteiger partial charge in [0.2, 0.25) is 11.8 Å². The van der Waals surface area contributed by atoms with Crippen molar-refractivity contribution >= 4 is 29.1 Å². The quantitative estimate of drug-likeness (QED) is 0.865. The minimum atomic E-state index is 0.389. The molecule has 8 heteroatoms. The third kappa shape index (κ3) is 3.55. The Hall–Kier alpha value is -2.12. The van der Waals surface area contributed by atoms with Gasteiger partial charge in [0.05, 0.1) is 32.2 Å². The lowest BCUT2D eigenvalue weighted by atomic mass is 10.4. The number of anilines is 3. The van der Waals surface area contributed by atoms with Gasteiger partial charge in [0.15, 0.2) is 0 Å². The first kappa shape index (κ1) is 14.8. The SMILES string of the molecule is COc1ccc(Nc2cc(Cl)nc(N3CCOCC3)n2)cn1. The monoisotopic (exact) mass is 321 g/mol. The topological polar surface area (TPSA) is 72.4 Å². The molecular formula is C14H16ClN5O2. The fourth-order valence-electron chi connectivity index (χ4n) is 2.10. The second-order valence-corrected chi connectivity index (χ2v) is 5.08. The molecule has 1 fully saturated rings. The zero-order valence-corrected chi connectivity index (χ0v) is 12.9. The Morgan fingerprint density at radius 3 is 2.77 bits per heavy atom. The molecule has 116 valence electrons. The molecule has 0 aromatic carbocycles. The number of morpholine rings is 1. The van der Waals surface area contributed by atoms with Gasteiger partial charge in [0.25, 0.3) is 0 Å². The van der Waals surface area contributed by atoms with Crippen LogP contribution in [0, 0.1) is 0 Å². The molecule has 1 aliphatic rings. The highest BCUT2D eigenvalue weighted by molar-refractivity contribution is 6.29. The number of hydrogen-bond donors (Lipinski definition) is 1. The fourth-order valence-corrected chi connectivity index (χ4v) is 2.28. The summed E-state index contributed by atoms with van der Waals surface area (Å²) in [6, 6.07) is 5.31. The molecule has 3 heterocycles. The molecule has 3 rings (SSSR count). The number of aromatic nitrogens is 3. The summed E-state index contributed by atoms with van der Waals surface area (Å²) < 4.78 is 10.4. The molecule has 0 bridgehead atoms. The van der Waals surface area contributed by atoms with E-state index < -0.39 is 0 Å². The molecule has 1 saturated heterocycles. The fraction of sp³-hybridized carbons (Fsp3) is 0.357. The Morgan fingerprint density at radius 2 is 2.09 bits per heavy atom. The van der Waals surface area contributed by atoms with Crippen LogP contribution in [0.15, 0.2) is 24.4 Å². The molecule has 0 amide bonds. The Labute approximate surface area is 133 Å². The van der Waals surface area contributed by atoms with Gasteiger partial charge in [-0.25, -0.2) is 9.97 Å². The van der Waals surface area contributed by atoms with Gasteiger partial charge in [-0.3, -0.25) is 0 Å². The van der Waals surface area contributed by atoms with Crippen molar-refractivity contribution in [1.29, 1.82) is 0 Å². The van der Waals surface area contributed by atoms with Crippen LogP contribution in [0.4, 0.5) is 17.5 Å². The predicted molar refractivity (Wildman–Crippen MR) is 84.1 cm³/mol. The third-order valence-electron chi connectivity index (χ3n) is 3.19. The smallest absolute Gasteiger partial charge is 0.228 e. The zero-order valence-electron chi connectivity index (χ0n) is 12.1. The third-order valence-corrected chi connectivity index (χ3v) is 3.39. The summed E-state index contributed by atoms with van der Waals surface area (Å²) in [5.41, 5.74) is 0.795. The molecule has 1 aliphatic heterocycles. The average molecular weight is 322 g/mol. The first-order valence-electron chi connectivity index (χ1n) is 6.89. The maximum atomic E-state index is 6.10. The number of rotatable bonds is 4. The van der Waals surface area contributed by atoms with Crippen LogP contribution in [0.5, 0.6) is 5.88 Å². The van der Waals surface area contributed by atoms with Crippen LogP contribution < -0.4 is 15.0 Å². The lowest BCUT2D eigenvalue weighted by Gasteiger charge is -2.27. The molecule has 22 heavy (non-hydrogen) atoms. The summed E-state index contributed by atoms with van der Waals surface area (Å²) in [6.07, 6.45) is 1.67. The van der Waals surface area contributed by atoms with Crippen LogP contribution >= 0.6 is 11.6 Å². The van der Waals surface area contributed by atoms with Crippen molar-refractivity contribution < 1.29 is 9.47 Å². The number of ether oxygens (including phenoxy) is 2. The summed E-state index contributed by atoms with van der Waals surface area (Å²) in [7, 11) is 1.58. The summed E-state index contributed by atoms with van der Waals surface area (Å²) in [6.45, 7) is 2.84. The van der Waals surface area contributed by atoms with E-state index in [0.29, 0.717) is 36.0 Å². The maximum absolute atomic E-state index is 6.10. The van der Waals surface area contributed by atoms with Gasteiger partial charge in [0.1, 0.15) is 11.0 Å². The van der Waals surface area contributed by atoms with Gasteiger partial charge in [-0.15, -0.1) is 0 Å². The minimum Gasteiger partial charge on any atom is -0.481 e. The van der Waals surface area contributed by atoms with E-state index in [2.05, 4.69) is 20.3 Å². The molecule has 0 aliphatic carbocycles. The molecule has 2 aromatic heterocycles. The Kier molecular flexibility index (Phi) is 4.55. The molecule has 0 atom stereocenters. The van der Waals surface area contributed by atoms with Crippen LogP contribution in [0.3, 0.4) is 0 Å². The van der Waals surface area contributed by atoms with Gasteiger partial charge >= 0.3 is 0 Å². The van der Waals surface area contributed by atoms with Crippen molar-refractivity contribution in [3.8, 4) is 5.88 Å². The Balaban J connectivity index is 1.79. The number of methoxy groups -OCH3 is 1. The van der Waals surface area contributed by atoms with Crippen molar-refractivity contribution in [2.24, 2.45) is 0 Å². The standard InChI is InChI=1S/C14H16ClN5O2/c1-21-13-3-2-10(9-16-13)17-12-8-11(15)18-14(19-12)20-4-6-22-7-5-20/h2-3,8-9H,4-7H2,1H3,(H,17,18,19). The zero-order chi connectivity index (χ0) is 15.4. The molecule has 0 saturated carbocycles. The summed E-state index contributed by atoms with van der Waals surface area (Å²) >= 11 is 6.10. The Morgan fingerprint density at radius 1 is 1.27 bits per heavy atom. The minimum absolute atomic E-state index is 0.389. The first-order valence-corrected chi connectivity index (χ1v) is 7.27. The number of nitrogens with zero attached hydrogens (tertiary/aromatic N) is 4. The van der Waals surface area contributed by atoms with E-state index >= 15 is 0 Å². The van der Waals surface area contributed by atoms with Crippen LogP contribution in [-0.2, 0) is 4.74 Å². The van der Waals surface area contributed by atoms with Crippen molar-refractivity contribution in [1.82, 2.24) is 15.0 Å². The second-order valence-electron chi connectivity index (χ2n) is 4.69. The normalized spacial score (nSPS) is 14.7.